The Labute approximate surface area is 118 Å². The molecule has 0 amide bonds. The molecule has 2 N–H and O–H groups in total. The number of phenols is 1. The van der Waals surface area contributed by atoms with E-state index in [0.29, 0.717) is 17.4 Å². The third-order valence-electron chi connectivity index (χ3n) is 3.01. The average molecular weight is 277 g/mol. The van der Waals surface area contributed by atoms with Crippen molar-refractivity contribution < 1.29 is 5.11 Å². The summed E-state index contributed by atoms with van der Waals surface area (Å²) in [6.45, 7) is 6.41. The summed E-state index contributed by atoms with van der Waals surface area (Å²) in [5.74, 6) is 0.360. The summed E-state index contributed by atoms with van der Waals surface area (Å²) in [5, 5.41) is 13.5. The number of aromatic nitrogens is 1. The van der Waals surface area contributed by atoms with Gasteiger partial charge in [-0.05, 0) is 49.1 Å². The van der Waals surface area contributed by atoms with Crippen LogP contribution in [-0.2, 0) is 6.54 Å². The maximum Gasteiger partial charge on any atom is 0.152 e. The first kappa shape index (κ1) is 13.7. The molecule has 0 aliphatic rings. The van der Waals surface area contributed by atoms with Gasteiger partial charge in [-0.15, -0.1) is 0 Å². The first-order valence-electron chi connectivity index (χ1n) is 6.12. The van der Waals surface area contributed by atoms with E-state index >= 15 is 0 Å². The zero-order valence-corrected chi connectivity index (χ0v) is 12.0. The Kier molecular flexibility index (Phi) is 3.96. The average Bonchev–Trinajstić information content (AvgIpc) is 2.37. The molecule has 0 saturated carbocycles. The lowest BCUT2D eigenvalue weighted by Gasteiger charge is -2.11. The quantitative estimate of drug-likeness (QED) is 0.834. The van der Waals surface area contributed by atoms with E-state index in [1.807, 2.05) is 39.0 Å². The van der Waals surface area contributed by atoms with Crippen molar-refractivity contribution >= 4 is 17.3 Å². The Hall–Kier alpha value is -1.74. The molecule has 0 spiro atoms. The molecule has 4 heteroatoms. The van der Waals surface area contributed by atoms with Crippen LogP contribution in [0.3, 0.4) is 0 Å². The Morgan fingerprint density at radius 2 is 1.79 bits per heavy atom. The van der Waals surface area contributed by atoms with Crippen molar-refractivity contribution in [2.24, 2.45) is 0 Å². The SMILES string of the molecule is Cc1cnc(Cl)c(NCc2cc(C)c(O)c(C)c2)c1. The smallest absolute Gasteiger partial charge is 0.152 e. The molecule has 1 heterocycles. The van der Waals surface area contributed by atoms with E-state index in [2.05, 4.69) is 10.3 Å². The molecule has 19 heavy (non-hydrogen) atoms. The second-order valence-corrected chi connectivity index (χ2v) is 5.14. The lowest BCUT2D eigenvalue weighted by atomic mass is 10.1. The molecule has 0 unspecified atom stereocenters. The number of pyridine rings is 1. The van der Waals surface area contributed by atoms with Crippen molar-refractivity contribution in [3.63, 3.8) is 0 Å². The molecule has 0 atom stereocenters. The predicted octanol–water partition coefficient (Wildman–Crippen LogP) is 3.98. The Bertz CT molecular complexity index is 588. The van der Waals surface area contributed by atoms with Crippen molar-refractivity contribution in [3.8, 4) is 5.75 Å². The normalized spacial score (nSPS) is 10.5. The van der Waals surface area contributed by atoms with E-state index in [1.54, 1.807) is 6.20 Å². The van der Waals surface area contributed by atoms with E-state index in [-0.39, 0.29) is 0 Å². The largest absolute Gasteiger partial charge is 0.507 e. The molecular weight excluding hydrogens is 260 g/mol. The van der Waals surface area contributed by atoms with Gasteiger partial charge < -0.3 is 10.4 Å². The summed E-state index contributed by atoms with van der Waals surface area (Å²) < 4.78 is 0. The van der Waals surface area contributed by atoms with E-state index in [1.165, 1.54) is 0 Å². The van der Waals surface area contributed by atoms with E-state index in [0.717, 1.165) is 27.9 Å². The highest BCUT2D eigenvalue weighted by molar-refractivity contribution is 6.31. The number of phenolic OH excluding ortho intramolecular Hbond substituents is 1. The number of hydrogen-bond donors (Lipinski definition) is 2. The zero-order valence-electron chi connectivity index (χ0n) is 11.3. The van der Waals surface area contributed by atoms with Crippen LogP contribution in [-0.4, -0.2) is 10.1 Å². The number of nitrogens with one attached hydrogen (secondary N) is 1. The zero-order chi connectivity index (χ0) is 14.0. The highest BCUT2D eigenvalue weighted by Crippen LogP contribution is 2.24. The van der Waals surface area contributed by atoms with Gasteiger partial charge in [0.1, 0.15) is 5.75 Å². The monoisotopic (exact) mass is 276 g/mol. The molecule has 1 aromatic carbocycles. The van der Waals surface area contributed by atoms with Gasteiger partial charge in [0.2, 0.25) is 0 Å². The lowest BCUT2D eigenvalue weighted by Crippen LogP contribution is -2.02. The molecule has 1 aromatic heterocycles. The van der Waals surface area contributed by atoms with Crippen molar-refractivity contribution in [1.29, 1.82) is 0 Å². The van der Waals surface area contributed by atoms with Crippen LogP contribution in [0, 0.1) is 20.8 Å². The van der Waals surface area contributed by atoms with Crippen LogP contribution in [0.15, 0.2) is 24.4 Å². The fourth-order valence-electron chi connectivity index (χ4n) is 2.02. The van der Waals surface area contributed by atoms with Crippen molar-refractivity contribution in [2.75, 3.05) is 5.32 Å². The van der Waals surface area contributed by atoms with Gasteiger partial charge in [-0.3, -0.25) is 0 Å². The number of hydrogen-bond acceptors (Lipinski definition) is 3. The minimum absolute atomic E-state index is 0.360. The molecule has 0 radical (unpaired) electrons. The van der Waals surface area contributed by atoms with Crippen LogP contribution in [0.1, 0.15) is 22.3 Å². The summed E-state index contributed by atoms with van der Waals surface area (Å²) in [4.78, 5) is 4.10. The maximum atomic E-state index is 9.74. The Morgan fingerprint density at radius 3 is 2.42 bits per heavy atom. The Morgan fingerprint density at radius 1 is 1.16 bits per heavy atom. The van der Waals surface area contributed by atoms with Gasteiger partial charge in [0, 0.05) is 12.7 Å². The maximum absolute atomic E-state index is 9.74. The van der Waals surface area contributed by atoms with Gasteiger partial charge in [0.25, 0.3) is 0 Å². The molecular formula is C15H17ClN2O. The summed E-state index contributed by atoms with van der Waals surface area (Å²) in [6.07, 6.45) is 1.74. The Balaban J connectivity index is 2.17. The van der Waals surface area contributed by atoms with Crippen molar-refractivity contribution in [1.82, 2.24) is 4.98 Å². The number of aryl methyl sites for hydroxylation is 3. The number of halogens is 1. The van der Waals surface area contributed by atoms with Crippen LogP contribution in [0.4, 0.5) is 5.69 Å². The van der Waals surface area contributed by atoms with Gasteiger partial charge in [0.15, 0.2) is 5.15 Å². The molecule has 0 aliphatic carbocycles. The molecule has 3 nitrogen and oxygen atoms in total. The molecule has 0 saturated heterocycles. The summed E-state index contributed by atoms with van der Waals surface area (Å²) in [5.41, 5.74) is 4.75. The van der Waals surface area contributed by atoms with E-state index in [9.17, 15) is 5.11 Å². The third-order valence-corrected chi connectivity index (χ3v) is 3.31. The van der Waals surface area contributed by atoms with Gasteiger partial charge in [0.05, 0.1) is 5.69 Å². The van der Waals surface area contributed by atoms with Gasteiger partial charge in [-0.2, -0.15) is 0 Å². The third kappa shape index (κ3) is 3.18. The molecule has 0 bridgehead atoms. The number of anilines is 1. The highest BCUT2D eigenvalue weighted by Gasteiger charge is 2.05. The first-order chi connectivity index (χ1) is 8.97. The predicted molar refractivity (Wildman–Crippen MR) is 78.9 cm³/mol. The second-order valence-electron chi connectivity index (χ2n) is 4.78. The van der Waals surface area contributed by atoms with E-state index < -0.39 is 0 Å². The fraction of sp³-hybridized carbons (Fsp3) is 0.267. The summed E-state index contributed by atoms with van der Waals surface area (Å²) in [6, 6.07) is 5.90. The van der Waals surface area contributed by atoms with Gasteiger partial charge >= 0.3 is 0 Å². The van der Waals surface area contributed by atoms with Crippen molar-refractivity contribution in [2.45, 2.75) is 27.3 Å². The number of aromatic hydroxyl groups is 1. The van der Waals surface area contributed by atoms with Gasteiger partial charge in [-0.1, -0.05) is 23.7 Å². The van der Waals surface area contributed by atoms with Gasteiger partial charge in [-0.25, -0.2) is 4.98 Å². The lowest BCUT2D eigenvalue weighted by molar-refractivity contribution is 0.466. The number of nitrogens with zero attached hydrogens (tertiary/aromatic N) is 1. The molecule has 0 fully saturated rings. The highest BCUT2D eigenvalue weighted by atomic mass is 35.5. The second kappa shape index (κ2) is 5.49. The van der Waals surface area contributed by atoms with Crippen LogP contribution >= 0.6 is 11.6 Å². The molecule has 100 valence electrons. The number of rotatable bonds is 3. The minimum atomic E-state index is 0.360. The summed E-state index contributed by atoms with van der Waals surface area (Å²) in [7, 11) is 0. The topological polar surface area (TPSA) is 45.2 Å². The number of benzene rings is 1. The molecule has 2 rings (SSSR count). The van der Waals surface area contributed by atoms with Crippen LogP contribution in [0.2, 0.25) is 5.15 Å². The summed E-state index contributed by atoms with van der Waals surface area (Å²) >= 11 is 6.04. The molecule has 0 aliphatic heterocycles. The van der Waals surface area contributed by atoms with Crippen molar-refractivity contribution in [3.05, 3.63) is 51.8 Å². The minimum Gasteiger partial charge on any atom is -0.507 e. The van der Waals surface area contributed by atoms with Crippen LogP contribution in [0.25, 0.3) is 0 Å². The van der Waals surface area contributed by atoms with E-state index in [4.69, 9.17) is 11.6 Å². The first-order valence-corrected chi connectivity index (χ1v) is 6.50. The van der Waals surface area contributed by atoms with Crippen LogP contribution in [0.5, 0.6) is 5.75 Å². The fourth-order valence-corrected chi connectivity index (χ4v) is 2.19. The standard InChI is InChI=1S/C15H17ClN2O/c1-9-4-13(15(16)18-7-9)17-8-12-5-10(2)14(19)11(3)6-12/h4-7,17,19H,8H2,1-3H3. The van der Waals surface area contributed by atoms with Crippen LogP contribution < -0.4 is 5.32 Å². The molecule has 2 aromatic rings.